The maximum Gasteiger partial charge on any atom is 0.283 e. The van der Waals surface area contributed by atoms with E-state index in [1.165, 1.54) is 30.0 Å². The van der Waals surface area contributed by atoms with Gasteiger partial charge in [-0.15, -0.1) is 0 Å². The number of morpholine rings is 1. The van der Waals surface area contributed by atoms with E-state index in [1.54, 1.807) is 6.07 Å². The van der Waals surface area contributed by atoms with Crippen molar-refractivity contribution in [2.75, 3.05) is 31.2 Å². The fourth-order valence-electron chi connectivity index (χ4n) is 3.11. The van der Waals surface area contributed by atoms with Crippen LogP contribution in [0, 0.1) is 5.82 Å². The van der Waals surface area contributed by atoms with Crippen LogP contribution in [0.15, 0.2) is 70.1 Å². The lowest BCUT2D eigenvalue weighted by molar-refractivity contribution is -0.121. The van der Waals surface area contributed by atoms with Gasteiger partial charge < -0.3 is 9.64 Å². The molecule has 2 heterocycles. The molecular weight excluding hydrogens is 367 g/mol. The predicted octanol–water partition coefficient (Wildman–Crippen LogP) is 3.04. The average Bonchev–Trinajstić information content (AvgIpc) is 2.94. The Morgan fingerprint density at radius 1 is 0.889 bits per heavy atom. The van der Waals surface area contributed by atoms with Crippen molar-refractivity contribution in [2.45, 2.75) is 4.90 Å². The highest BCUT2D eigenvalue weighted by atomic mass is 32.2. The molecule has 27 heavy (non-hydrogen) atoms. The molecule has 0 saturated carbocycles. The van der Waals surface area contributed by atoms with Gasteiger partial charge in [0.25, 0.3) is 11.8 Å². The number of halogens is 1. The van der Waals surface area contributed by atoms with E-state index in [0.29, 0.717) is 36.9 Å². The first-order valence-corrected chi connectivity index (χ1v) is 9.41. The van der Waals surface area contributed by atoms with Gasteiger partial charge >= 0.3 is 0 Å². The summed E-state index contributed by atoms with van der Waals surface area (Å²) in [5.74, 6) is -1.60. The Kier molecular flexibility index (Phi) is 4.96. The number of para-hydroxylation sites is 1. The number of ether oxygens (including phenoxy) is 1. The first kappa shape index (κ1) is 17.8. The highest BCUT2D eigenvalue weighted by molar-refractivity contribution is 8.04. The lowest BCUT2D eigenvalue weighted by atomic mass is 10.2. The summed E-state index contributed by atoms with van der Waals surface area (Å²) in [4.78, 5) is 30.2. The maximum absolute atomic E-state index is 14.3. The summed E-state index contributed by atoms with van der Waals surface area (Å²) in [6.45, 7) is 1.98. The van der Waals surface area contributed by atoms with Crippen LogP contribution >= 0.6 is 11.8 Å². The summed E-state index contributed by atoms with van der Waals surface area (Å²) >= 11 is 1.23. The number of carbonyl (C=O) groups is 2. The largest absolute Gasteiger partial charge is 0.378 e. The molecule has 138 valence electrons. The summed E-state index contributed by atoms with van der Waals surface area (Å²) < 4.78 is 19.7. The third-order valence-corrected chi connectivity index (χ3v) is 5.48. The molecule has 5 nitrogen and oxygen atoms in total. The Morgan fingerprint density at radius 2 is 1.56 bits per heavy atom. The molecule has 2 aromatic carbocycles. The summed E-state index contributed by atoms with van der Waals surface area (Å²) in [6.07, 6.45) is 0. The van der Waals surface area contributed by atoms with Crippen molar-refractivity contribution >= 4 is 29.3 Å². The number of hydrogen-bond donors (Lipinski definition) is 0. The van der Waals surface area contributed by atoms with E-state index in [0.717, 1.165) is 9.80 Å². The van der Waals surface area contributed by atoms with E-state index in [1.807, 2.05) is 35.2 Å². The molecule has 2 amide bonds. The number of imide groups is 1. The molecule has 0 unspecified atom stereocenters. The SMILES string of the molecule is O=C1C(Sc2ccccc2)=C(N2CCOCC2)C(=O)N1c1ccccc1F. The Balaban J connectivity index is 1.76. The molecule has 7 heteroatoms. The second-order valence-electron chi connectivity index (χ2n) is 6.09. The van der Waals surface area contributed by atoms with Crippen LogP contribution < -0.4 is 4.90 Å². The molecule has 0 aromatic heterocycles. The van der Waals surface area contributed by atoms with Crippen LogP contribution in [-0.4, -0.2) is 43.0 Å². The number of benzene rings is 2. The zero-order chi connectivity index (χ0) is 18.8. The summed E-state index contributed by atoms with van der Waals surface area (Å²) in [7, 11) is 0. The van der Waals surface area contributed by atoms with Crippen molar-refractivity contribution in [3.8, 4) is 0 Å². The van der Waals surface area contributed by atoms with Gasteiger partial charge in [0.1, 0.15) is 16.4 Å². The van der Waals surface area contributed by atoms with E-state index in [-0.39, 0.29) is 5.69 Å². The van der Waals surface area contributed by atoms with E-state index in [2.05, 4.69) is 0 Å². The van der Waals surface area contributed by atoms with Crippen LogP contribution in [0.3, 0.4) is 0 Å². The van der Waals surface area contributed by atoms with Gasteiger partial charge in [-0.1, -0.05) is 42.1 Å². The molecule has 2 aliphatic heterocycles. The lowest BCUT2D eigenvalue weighted by Gasteiger charge is -2.29. The van der Waals surface area contributed by atoms with Crippen molar-refractivity contribution in [3.05, 3.63) is 71.0 Å². The van der Waals surface area contributed by atoms with Crippen LogP contribution in [-0.2, 0) is 14.3 Å². The lowest BCUT2D eigenvalue weighted by Crippen LogP contribution is -2.40. The van der Waals surface area contributed by atoms with Gasteiger partial charge in [0.15, 0.2) is 0 Å². The summed E-state index contributed by atoms with van der Waals surface area (Å²) in [6, 6.07) is 15.2. The van der Waals surface area contributed by atoms with E-state index >= 15 is 0 Å². The minimum Gasteiger partial charge on any atom is -0.378 e. The number of amides is 2. The fourth-order valence-corrected chi connectivity index (χ4v) is 4.13. The van der Waals surface area contributed by atoms with Gasteiger partial charge in [-0.05, 0) is 24.3 Å². The number of hydrogen-bond acceptors (Lipinski definition) is 5. The van der Waals surface area contributed by atoms with Gasteiger partial charge in [-0.2, -0.15) is 0 Å². The number of thioether (sulfide) groups is 1. The Hall–Kier alpha value is -2.64. The molecule has 0 atom stereocenters. The molecular formula is C20H17FN2O3S. The molecule has 4 rings (SSSR count). The minimum absolute atomic E-state index is 0.0260. The highest BCUT2D eigenvalue weighted by Gasteiger charge is 2.43. The predicted molar refractivity (Wildman–Crippen MR) is 101 cm³/mol. The topological polar surface area (TPSA) is 49.9 Å². The van der Waals surface area contributed by atoms with Crippen LogP contribution in [0.1, 0.15) is 0 Å². The Bertz CT molecular complexity index is 910. The second kappa shape index (κ2) is 7.54. The smallest absolute Gasteiger partial charge is 0.283 e. The summed E-state index contributed by atoms with van der Waals surface area (Å²) in [5, 5.41) is 0. The van der Waals surface area contributed by atoms with Gasteiger partial charge in [0, 0.05) is 18.0 Å². The molecule has 0 radical (unpaired) electrons. The van der Waals surface area contributed by atoms with Crippen molar-refractivity contribution in [1.82, 2.24) is 4.90 Å². The van der Waals surface area contributed by atoms with Crippen molar-refractivity contribution in [1.29, 1.82) is 0 Å². The van der Waals surface area contributed by atoms with Crippen LogP contribution in [0.2, 0.25) is 0 Å². The van der Waals surface area contributed by atoms with Crippen molar-refractivity contribution in [2.24, 2.45) is 0 Å². The average molecular weight is 384 g/mol. The first-order chi connectivity index (χ1) is 13.2. The second-order valence-corrected chi connectivity index (χ2v) is 7.17. The third kappa shape index (κ3) is 3.36. The highest BCUT2D eigenvalue weighted by Crippen LogP contribution is 2.39. The van der Waals surface area contributed by atoms with Gasteiger partial charge in [-0.25, -0.2) is 9.29 Å². The molecule has 1 fully saturated rings. The number of rotatable bonds is 4. The van der Waals surface area contributed by atoms with Crippen LogP contribution in [0.5, 0.6) is 0 Å². The van der Waals surface area contributed by atoms with Crippen LogP contribution in [0.4, 0.5) is 10.1 Å². The number of nitrogens with zero attached hydrogens (tertiary/aromatic N) is 2. The Morgan fingerprint density at radius 3 is 2.26 bits per heavy atom. The molecule has 0 bridgehead atoms. The third-order valence-electron chi connectivity index (χ3n) is 4.40. The first-order valence-electron chi connectivity index (χ1n) is 8.60. The van der Waals surface area contributed by atoms with E-state index < -0.39 is 17.6 Å². The zero-order valence-electron chi connectivity index (χ0n) is 14.4. The number of anilines is 1. The van der Waals surface area contributed by atoms with Gasteiger partial charge in [0.2, 0.25) is 0 Å². The maximum atomic E-state index is 14.3. The van der Waals surface area contributed by atoms with Crippen molar-refractivity contribution < 1.29 is 18.7 Å². The molecule has 0 spiro atoms. The zero-order valence-corrected chi connectivity index (χ0v) is 15.2. The van der Waals surface area contributed by atoms with E-state index in [4.69, 9.17) is 4.74 Å². The summed E-state index contributed by atoms with van der Waals surface area (Å²) in [5.41, 5.74) is 0.294. The molecule has 2 aromatic rings. The van der Waals surface area contributed by atoms with E-state index in [9.17, 15) is 14.0 Å². The molecule has 1 saturated heterocycles. The normalized spacial score (nSPS) is 17.8. The molecule has 0 N–H and O–H groups in total. The number of carbonyl (C=O) groups excluding carboxylic acids is 2. The molecule has 0 aliphatic carbocycles. The van der Waals surface area contributed by atoms with Crippen LogP contribution in [0.25, 0.3) is 0 Å². The fraction of sp³-hybridized carbons (Fsp3) is 0.200. The van der Waals surface area contributed by atoms with Crippen molar-refractivity contribution in [3.63, 3.8) is 0 Å². The quantitative estimate of drug-likeness (QED) is 0.759. The Labute approximate surface area is 160 Å². The van der Waals surface area contributed by atoms with Gasteiger partial charge in [-0.3, -0.25) is 9.59 Å². The molecule has 2 aliphatic rings. The monoisotopic (exact) mass is 384 g/mol. The standard InChI is InChI=1S/C20H17FN2O3S/c21-15-8-4-5-9-16(15)23-19(24)17(22-10-12-26-13-11-22)18(20(23)25)27-14-6-2-1-3-7-14/h1-9H,10-13H2. The minimum atomic E-state index is -0.605. The van der Waals surface area contributed by atoms with Gasteiger partial charge in [0.05, 0.1) is 18.9 Å².